The van der Waals surface area contributed by atoms with E-state index < -0.39 is 5.82 Å². The number of aromatic amines is 1. The van der Waals surface area contributed by atoms with Crippen molar-refractivity contribution in [3.05, 3.63) is 42.3 Å². The van der Waals surface area contributed by atoms with Crippen molar-refractivity contribution in [1.29, 1.82) is 0 Å². The van der Waals surface area contributed by atoms with Crippen LogP contribution >= 0.6 is 0 Å². The fourth-order valence-corrected chi connectivity index (χ4v) is 1.62. The zero-order chi connectivity index (χ0) is 12.5. The zero-order valence-corrected chi connectivity index (χ0v) is 9.22. The summed E-state index contributed by atoms with van der Waals surface area (Å²) in [5.41, 5.74) is 6.94. The predicted molar refractivity (Wildman–Crippen MR) is 63.9 cm³/mol. The Morgan fingerprint density at radius 1 is 1.28 bits per heavy atom. The Bertz CT molecular complexity index is 675. The molecule has 3 rings (SSSR count). The molecule has 3 aromatic rings. The van der Waals surface area contributed by atoms with Crippen LogP contribution in [0.1, 0.15) is 0 Å². The normalized spacial score (nSPS) is 10.7. The first-order valence-electron chi connectivity index (χ1n) is 5.27. The number of hydrogen-bond acceptors (Lipinski definition) is 4. The molecule has 0 radical (unpaired) electrons. The van der Waals surface area contributed by atoms with Crippen LogP contribution < -0.4 is 5.73 Å². The minimum absolute atomic E-state index is 0.101. The Morgan fingerprint density at radius 2 is 2.17 bits per heavy atom. The van der Waals surface area contributed by atoms with E-state index in [1.54, 1.807) is 12.3 Å². The molecule has 18 heavy (non-hydrogen) atoms. The van der Waals surface area contributed by atoms with Gasteiger partial charge in [-0.3, -0.25) is 0 Å². The van der Waals surface area contributed by atoms with Crippen LogP contribution in [-0.4, -0.2) is 15.1 Å². The number of H-pyrrole nitrogens is 1. The highest BCUT2D eigenvalue weighted by Gasteiger charge is 2.14. The molecule has 90 valence electrons. The predicted octanol–water partition coefficient (Wildman–Crippen LogP) is 2.45. The number of nitrogens with one attached hydrogen (secondary N) is 1. The first-order valence-corrected chi connectivity index (χ1v) is 5.27. The maximum Gasteiger partial charge on any atom is 0.261 e. The quantitative estimate of drug-likeness (QED) is 0.678. The van der Waals surface area contributed by atoms with E-state index in [1.165, 1.54) is 18.2 Å². The molecule has 6 heteroatoms. The molecule has 0 aliphatic heterocycles. The second-order valence-electron chi connectivity index (χ2n) is 3.75. The van der Waals surface area contributed by atoms with Gasteiger partial charge in [0, 0.05) is 11.9 Å². The van der Waals surface area contributed by atoms with Gasteiger partial charge in [-0.15, -0.1) is 0 Å². The molecule has 0 amide bonds. The third-order valence-corrected chi connectivity index (χ3v) is 2.49. The van der Waals surface area contributed by atoms with Crippen molar-refractivity contribution in [3.8, 4) is 23.0 Å². The van der Waals surface area contributed by atoms with Crippen LogP contribution in [0.5, 0.6) is 0 Å². The fraction of sp³-hybridized carbons (Fsp3) is 0. The number of nitrogen functional groups attached to an aromatic ring is 1. The van der Waals surface area contributed by atoms with E-state index in [4.69, 9.17) is 10.3 Å². The number of halogens is 1. The van der Waals surface area contributed by atoms with Crippen molar-refractivity contribution in [1.82, 2.24) is 15.1 Å². The van der Waals surface area contributed by atoms with Crippen LogP contribution in [0.25, 0.3) is 23.0 Å². The lowest BCUT2D eigenvalue weighted by molar-refractivity contribution is 0.429. The minimum Gasteiger partial charge on any atom is -0.399 e. The monoisotopic (exact) mass is 244 g/mol. The Morgan fingerprint density at radius 3 is 2.94 bits per heavy atom. The number of benzene rings is 1. The summed E-state index contributed by atoms with van der Waals surface area (Å²) < 4.78 is 18.6. The molecular weight excluding hydrogens is 235 g/mol. The van der Waals surface area contributed by atoms with E-state index in [0.29, 0.717) is 17.2 Å². The third kappa shape index (κ3) is 1.73. The Labute approximate surface area is 101 Å². The average Bonchev–Trinajstić information content (AvgIpc) is 3.00. The van der Waals surface area contributed by atoms with Crippen LogP contribution in [0, 0.1) is 5.82 Å². The van der Waals surface area contributed by atoms with E-state index in [1.807, 2.05) is 6.07 Å². The standard InChI is InChI=1S/C12H9FN4O/c13-9-4-3-7(14)6-8(9)12-16-11(17-18-12)10-2-1-5-15-10/h1-6,15H,14H2. The second-order valence-corrected chi connectivity index (χ2v) is 3.75. The molecule has 0 bridgehead atoms. The molecule has 0 atom stereocenters. The first-order chi connectivity index (χ1) is 8.74. The lowest BCUT2D eigenvalue weighted by atomic mass is 10.2. The lowest BCUT2D eigenvalue weighted by Gasteiger charge is -1.98. The van der Waals surface area contributed by atoms with Crippen LogP contribution in [0.3, 0.4) is 0 Å². The van der Waals surface area contributed by atoms with Gasteiger partial charge < -0.3 is 15.2 Å². The van der Waals surface area contributed by atoms with Crippen molar-refractivity contribution < 1.29 is 8.91 Å². The molecule has 0 aliphatic carbocycles. The van der Waals surface area contributed by atoms with Crippen LogP contribution in [-0.2, 0) is 0 Å². The molecule has 0 fully saturated rings. The lowest BCUT2D eigenvalue weighted by Crippen LogP contribution is -1.89. The summed E-state index contributed by atoms with van der Waals surface area (Å²) in [4.78, 5) is 7.06. The highest BCUT2D eigenvalue weighted by atomic mass is 19.1. The molecule has 1 aromatic carbocycles. The van der Waals surface area contributed by atoms with Crippen molar-refractivity contribution >= 4 is 5.69 Å². The number of rotatable bonds is 2. The summed E-state index contributed by atoms with van der Waals surface area (Å²) in [5, 5.41) is 3.78. The average molecular weight is 244 g/mol. The van der Waals surface area contributed by atoms with Gasteiger partial charge in [-0.2, -0.15) is 4.98 Å². The summed E-state index contributed by atoms with van der Waals surface area (Å²) in [5.74, 6) is 0.0205. The van der Waals surface area contributed by atoms with Gasteiger partial charge in [0.25, 0.3) is 5.89 Å². The van der Waals surface area contributed by atoms with Gasteiger partial charge in [0.1, 0.15) is 5.82 Å². The van der Waals surface area contributed by atoms with Crippen molar-refractivity contribution in [2.75, 3.05) is 5.73 Å². The smallest absolute Gasteiger partial charge is 0.261 e. The topological polar surface area (TPSA) is 80.7 Å². The SMILES string of the molecule is Nc1ccc(F)c(-c2nc(-c3ccc[nH]3)no2)c1. The molecule has 2 heterocycles. The molecule has 0 spiro atoms. The van der Waals surface area contributed by atoms with E-state index in [2.05, 4.69) is 15.1 Å². The van der Waals surface area contributed by atoms with E-state index in [9.17, 15) is 4.39 Å². The first kappa shape index (κ1) is 10.5. The Hall–Kier alpha value is -2.63. The highest BCUT2D eigenvalue weighted by molar-refractivity contribution is 5.62. The number of anilines is 1. The molecule has 0 unspecified atom stereocenters. The molecule has 3 N–H and O–H groups in total. The van der Waals surface area contributed by atoms with E-state index >= 15 is 0 Å². The summed E-state index contributed by atoms with van der Waals surface area (Å²) in [6, 6.07) is 7.81. The highest BCUT2D eigenvalue weighted by Crippen LogP contribution is 2.25. The minimum atomic E-state index is -0.453. The maximum absolute atomic E-state index is 13.6. The van der Waals surface area contributed by atoms with Gasteiger partial charge >= 0.3 is 0 Å². The fourth-order valence-electron chi connectivity index (χ4n) is 1.62. The van der Waals surface area contributed by atoms with Crippen molar-refractivity contribution in [3.63, 3.8) is 0 Å². The van der Waals surface area contributed by atoms with E-state index in [0.717, 1.165) is 0 Å². The molecule has 2 aromatic heterocycles. The number of hydrogen-bond donors (Lipinski definition) is 2. The van der Waals surface area contributed by atoms with Gasteiger partial charge in [0.05, 0.1) is 11.3 Å². The van der Waals surface area contributed by atoms with Gasteiger partial charge in [0.2, 0.25) is 5.82 Å². The summed E-state index contributed by atoms with van der Waals surface area (Å²) in [6.45, 7) is 0. The number of aromatic nitrogens is 3. The molecule has 0 aliphatic rings. The van der Waals surface area contributed by atoms with Crippen LogP contribution in [0.4, 0.5) is 10.1 Å². The van der Waals surface area contributed by atoms with Crippen molar-refractivity contribution in [2.24, 2.45) is 0 Å². The number of nitrogens with two attached hydrogens (primary N) is 1. The van der Waals surface area contributed by atoms with Gasteiger partial charge in [0.15, 0.2) is 0 Å². The van der Waals surface area contributed by atoms with Gasteiger partial charge in [-0.05, 0) is 30.3 Å². The van der Waals surface area contributed by atoms with E-state index in [-0.39, 0.29) is 11.5 Å². The number of nitrogens with zero attached hydrogens (tertiary/aromatic N) is 2. The van der Waals surface area contributed by atoms with Crippen LogP contribution in [0.15, 0.2) is 41.1 Å². The van der Waals surface area contributed by atoms with Crippen LogP contribution in [0.2, 0.25) is 0 Å². The third-order valence-electron chi connectivity index (χ3n) is 2.49. The molecule has 0 saturated heterocycles. The van der Waals surface area contributed by atoms with Gasteiger partial charge in [-0.25, -0.2) is 4.39 Å². The molecule has 0 saturated carbocycles. The maximum atomic E-state index is 13.6. The summed E-state index contributed by atoms with van der Waals surface area (Å²) in [7, 11) is 0. The van der Waals surface area contributed by atoms with Gasteiger partial charge in [-0.1, -0.05) is 5.16 Å². The van der Waals surface area contributed by atoms with Crippen molar-refractivity contribution in [2.45, 2.75) is 0 Å². The second kappa shape index (κ2) is 3.99. The Kier molecular flexibility index (Phi) is 2.33. The molecule has 5 nitrogen and oxygen atoms in total. The summed E-state index contributed by atoms with van der Waals surface area (Å²) >= 11 is 0. The molecular formula is C12H9FN4O. The summed E-state index contributed by atoms with van der Waals surface area (Å²) in [6.07, 6.45) is 1.74. The largest absolute Gasteiger partial charge is 0.399 e. The Balaban J connectivity index is 2.05. The zero-order valence-electron chi connectivity index (χ0n) is 9.22.